The highest BCUT2D eigenvalue weighted by atomic mass is 14.9. The fourth-order valence-corrected chi connectivity index (χ4v) is 2.83. The summed E-state index contributed by atoms with van der Waals surface area (Å²) in [6, 6.07) is 2.15. The topological polar surface area (TPSA) is 51.8 Å². The second-order valence-corrected chi connectivity index (χ2v) is 5.52. The number of aryl methyl sites for hydroxylation is 1. The third-order valence-corrected chi connectivity index (χ3v) is 3.85. The standard InChI is InChI=1S/C15H25N3/c1-3-7-13(16)15-17-11(2)10-14(18-15)12-8-5-4-6-9-12/h10,12-13H,3-9,16H2,1-2H3. The van der Waals surface area contributed by atoms with Gasteiger partial charge in [-0.05, 0) is 32.3 Å². The molecule has 0 aromatic carbocycles. The van der Waals surface area contributed by atoms with E-state index in [2.05, 4.69) is 24.9 Å². The molecular formula is C15H25N3. The van der Waals surface area contributed by atoms with E-state index in [1.54, 1.807) is 0 Å². The monoisotopic (exact) mass is 247 g/mol. The minimum atomic E-state index is -0.00256. The molecule has 0 radical (unpaired) electrons. The van der Waals surface area contributed by atoms with E-state index in [0.717, 1.165) is 24.4 Å². The highest BCUT2D eigenvalue weighted by Crippen LogP contribution is 2.32. The molecule has 0 saturated heterocycles. The molecule has 1 aliphatic carbocycles. The van der Waals surface area contributed by atoms with Crippen molar-refractivity contribution < 1.29 is 0 Å². The third-order valence-electron chi connectivity index (χ3n) is 3.85. The lowest BCUT2D eigenvalue weighted by Crippen LogP contribution is -2.17. The van der Waals surface area contributed by atoms with Crippen LogP contribution in [-0.4, -0.2) is 9.97 Å². The summed E-state index contributed by atoms with van der Waals surface area (Å²) in [4.78, 5) is 9.25. The van der Waals surface area contributed by atoms with Crippen molar-refractivity contribution in [3.63, 3.8) is 0 Å². The second-order valence-electron chi connectivity index (χ2n) is 5.52. The van der Waals surface area contributed by atoms with Gasteiger partial charge in [-0.3, -0.25) is 0 Å². The summed E-state index contributed by atoms with van der Waals surface area (Å²) >= 11 is 0. The van der Waals surface area contributed by atoms with Crippen LogP contribution in [0.15, 0.2) is 6.07 Å². The normalized spacial score (nSPS) is 18.8. The average molecular weight is 247 g/mol. The Morgan fingerprint density at radius 3 is 2.67 bits per heavy atom. The van der Waals surface area contributed by atoms with Crippen LogP contribution in [-0.2, 0) is 0 Å². The largest absolute Gasteiger partial charge is 0.321 e. The smallest absolute Gasteiger partial charge is 0.145 e. The van der Waals surface area contributed by atoms with Crippen LogP contribution in [0.2, 0.25) is 0 Å². The molecule has 0 spiro atoms. The Morgan fingerprint density at radius 1 is 1.28 bits per heavy atom. The van der Waals surface area contributed by atoms with Crippen LogP contribution in [0.1, 0.15) is 81.0 Å². The van der Waals surface area contributed by atoms with Crippen molar-refractivity contribution in [2.24, 2.45) is 5.73 Å². The maximum absolute atomic E-state index is 6.15. The zero-order chi connectivity index (χ0) is 13.0. The number of hydrogen-bond donors (Lipinski definition) is 1. The van der Waals surface area contributed by atoms with Gasteiger partial charge in [0, 0.05) is 17.3 Å². The molecule has 1 saturated carbocycles. The first-order valence-corrected chi connectivity index (χ1v) is 7.31. The lowest BCUT2D eigenvalue weighted by Gasteiger charge is -2.22. The molecule has 18 heavy (non-hydrogen) atoms. The highest BCUT2D eigenvalue weighted by Gasteiger charge is 2.19. The summed E-state index contributed by atoms with van der Waals surface area (Å²) in [7, 11) is 0. The molecule has 1 unspecified atom stereocenters. The fraction of sp³-hybridized carbons (Fsp3) is 0.733. The van der Waals surface area contributed by atoms with Gasteiger partial charge in [-0.2, -0.15) is 0 Å². The van der Waals surface area contributed by atoms with Crippen LogP contribution >= 0.6 is 0 Å². The van der Waals surface area contributed by atoms with Crippen molar-refractivity contribution in [2.45, 2.75) is 70.8 Å². The van der Waals surface area contributed by atoms with Gasteiger partial charge < -0.3 is 5.73 Å². The van der Waals surface area contributed by atoms with E-state index >= 15 is 0 Å². The van der Waals surface area contributed by atoms with Gasteiger partial charge in [-0.1, -0.05) is 32.6 Å². The molecule has 1 fully saturated rings. The number of nitrogens with two attached hydrogens (primary N) is 1. The van der Waals surface area contributed by atoms with E-state index in [1.165, 1.54) is 37.8 Å². The first kappa shape index (κ1) is 13.5. The molecule has 0 amide bonds. The number of aromatic nitrogens is 2. The van der Waals surface area contributed by atoms with Crippen LogP contribution in [0, 0.1) is 6.92 Å². The van der Waals surface area contributed by atoms with Gasteiger partial charge in [0.2, 0.25) is 0 Å². The van der Waals surface area contributed by atoms with Crippen LogP contribution in [0.3, 0.4) is 0 Å². The van der Waals surface area contributed by atoms with E-state index in [4.69, 9.17) is 10.7 Å². The van der Waals surface area contributed by atoms with Crippen molar-refractivity contribution >= 4 is 0 Å². The lowest BCUT2D eigenvalue weighted by atomic mass is 9.86. The van der Waals surface area contributed by atoms with Crippen molar-refractivity contribution in [3.05, 3.63) is 23.3 Å². The number of rotatable bonds is 4. The molecule has 100 valence electrons. The molecule has 1 aromatic heterocycles. The Balaban J connectivity index is 2.19. The SMILES string of the molecule is CCCC(N)c1nc(C)cc(C2CCCCC2)n1. The molecule has 1 heterocycles. The molecule has 3 heteroatoms. The quantitative estimate of drug-likeness (QED) is 0.884. The summed E-state index contributed by atoms with van der Waals surface area (Å²) in [5.41, 5.74) is 8.44. The zero-order valence-electron chi connectivity index (χ0n) is 11.7. The van der Waals surface area contributed by atoms with Gasteiger partial charge in [0.05, 0.1) is 6.04 Å². The Hall–Kier alpha value is -0.960. The Kier molecular flexibility index (Phi) is 4.70. The third kappa shape index (κ3) is 3.29. The van der Waals surface area contributed by atoms with E-state index < -0.39 is 0 Å². The fourth-order valence-electron chi connectivity index (χ4n) is 2.83. The first-order chi connectivity index (χ1) is 8.70. The minimum Gasteiger partial charge on any atom is -0.321 e. The van der Waals surface area contributed by atoms with Gasteiger partial charge >= 0.3 is 0 Å². The van der Waals surface area contributed by atoms with Crippen LogP contribution in [0.5, 0.6) is 0 Å². The average Bonchev–Trinajstić information content (AvgIpc) is 2.39. The van der Waals surface area contributed by atoms with Crippen molar-refractivity contribution in [1.29, 1.82) is 0 Å². The van der Waals surface area contributed by atoms with E-state index in [1.807, 2.05) is 0 Å². The van der Waals surface area contributed by atoms with Gasteiger partial charge in [0.1, 0.15) is 5.82 Å². The summed E-state index contributed by atoms with van der Waals surface area (Å²) in [5.74, 6) is 1.48. The summed E-state index contributed by atoms with van der Waals surface area (Å²) < 4.78 is 0. The zero-order valence-corrected chi connectivity index (χ0v) is 11.7. The molecule has 2 rings (SSSR count). The molecule has 0 bridgehead atoms. The maximum Gasteiger partial charge on any atom is 0.145 e. The number of nitrogens with zero attached hydrogens (tertiary/aromatic N) is 2. The maximum atomic E-state index is 6.15. The minimum absolute atomic E-state index is 0.00256. The Bertz CT molecular complexity index is 383. The summed E-state index contributed by atoms with van der Waals surface area (Å²) in [6.45, 7) is 4.20. The second kappa shape index (κ2) is 6.28. The lowest BCUT2D eigenvalue weighted by molar-refractivity contribution is 0.433. The summed E-state index contributed by atoms with van der Waals surface area (Å²) in [6.07, 6.45) is 8.65. The van der Waals surface area contributed by atoms with Crippen molar-refractivity contribution in [1.82, 2.24) is 9.97 Å². The van der Waals surface area contributed by atoms with Crippen molar-refractivity contribution in [2.75, 3.05) is 0 Å². The van der Waals surface area contributed by atoms with Gasteiger partial charge in [-0.15, -0.1) is 0 Å². The Labute approximate surface area is 110 Å². The van der Waals surface area contributed by atoms with Gasteiger partial charge in [0.25, 0.3) is 0 Å². The molecule has 1 aromatic rings. The molecular weight excluding hydrogens is 222 g/mol. The van der Waals surface area contributed by atoms with Crippen LogP contribution < -0.4 is 5.73 Å². The van der Waals surface area contributed by atoms with E-state index in [0.29, 0.717) is 5.92 Å². The van der Waals surface area contributed by atoms with Gasteiger partial charge in [-0.25, -0.2) is 9.97 Å². The molecule has 3 nitrogen and oxygen atoms in total. The molecule has 1 atom stereocenters. The molecule has 2 N–H and O–H groups in total. The van der Waals surface area contributed by atoms with Crippen molar-refractivity contribution in [3.8, 4) is 0 Å². The molecule has 0 aliphatic heterocycles. The van der Waals surface area contributed by atoms with E-state index in [9.17, 15) is 0 Å². The van der Waals surface area contributed by atoms with Crippen LogP contribution in [0.25, 0.3) is 0 Å². The first-order valence-electron chi connectivity index (χ1n) is 7.31. The number of hydrogen-bond acceptors (Lipinski definition) is 3. The predicted molar refractivity (Wildman–Crippen MR) is 74.4 cm³/mol. The predicted octanol–water partition coefficient (Wildman–Crippen LogP) is 3.63. The van der Waals surface area contributed by atoms with Gasteiger partial charge in [0.15, 0.2) is 0 Å². The highest BCUT2D eigenvalue weighted by molar-refractivity contribution is 5.16. The van der Waals surface area contributed by atoms with Crippen LogP contribution in [0.4, 0.5) is 0 Å². The Morgan fingerprint density at radius 2 is 2.00 bits per heavy atom. The summed E-state index contributed by atoms with van der Waals surface area (Å²) in [5, 5.41) is 0. The van der Waals surface area contributed by atoms with E-state index in [-0.39, 0.29) is 6.04 Å². The molecule has 1 aliphatic rings.